The Morgan fingerprint density at radius 3 is 2.46 bits per heavy atom. The second-order valence-corrected chi connectivity index (χ2v) is 5.31. The maximum absolute atomic E-state index is 12.1. The van der Waals surface area contributed by atoms with Gasteiger partial charge in [-0.15, -0.1) is 0 Å². The molecule has 0 radical (unpaired) electrons. The van der Waals surface area contributed by atoms with Gasteiger partial charge >= 0.3 is 6.09 Å². The molecule has 0 saturated heterocycles. The second-order valence-electron chi connectivity index (χ2n) is 5.31. The number of amides is 2. The molecule has 0 saturated carbocycles. The first-order valence-electron chi connectivity index (χ1n) is 7.70. The van der Waals surface area contributed by atoms with Crippen LogP contribution in [0.4, 0.5) is 4.79 Å². The lowest BCUT2D eigenvalue weighted by Crippen LogP contribution is -2.40. The van der Waals surface area contributed by atoms with Gasteiger partial charge in [0.2, 0.25) is 5.91 Å². The molecule has 1 N–H and O–H groups in total. The molecule has 0 fully saturated rings. The van der Waals surface area contributed by atoms with Gasteiger partial charge in [-0.3, -0.25) is 9.69 Å². The van der Waals surface area contributed by atoms with E-state index in [4.69, 9.17) is 4.74 Å². The molecule has 1 aromatic carbocycles. The van der Waals surface area contributed by atoms with E-state index in [9.17, 15) is 9.59 Å². The minimum Gasteiger partial charge on any atom is -0.445 e. The smallest absolute Gasteiger partial charge is 0.410 e. The number of rotatable bonds is 8. The van der Waals surface area contributed by atoms with Gasteiger partial charge in [0, 0.05) is 12.2 Å². The number of ether oxygens (including phenoxy) is 1. The van der Waals surface area contributed by atoms with Crippen LogP contribution in [-0.4, -0.2) is 30.0 Å². The van der Waals surface area contributed by atoms with Crippen LogP contribution in [0.3, 0.4) is 0 Å². The van der Waals surface area contributed by atoms with Gasteiger partial charge in [-0.2, -0.15) is 0 Å². The molecule has 1 rings (SSSR count). The van der Waals surface area contributed by atoms with Crippen molar-refractivity contribution in [2.45, 2.75) is 20.5 Å². The topological polar surface area (TPSA) is 58.6 Å². The number of hydrogen-bond donors (Lipinski definition) is 1. The van der Waals surface area contributed by atoms with Gasteiger partial charge in [0.05, 0.1) is 0 Å². The van der Waals surface area contributed by atoms with Crippen LogP contribution in [0.5, 0.6) is 0 Å². The predicted octanol–water partition coefficient (Wildman–Crippen LogP) is 3.41. The van der Waals surface area contributed by atoms with Crippen molar-refractivity contribution in [3.8, 4) is 0 Å². The number of carbonyl (C=O) groups is 2. The lowest BCUT2D eigenvalue weighted by atomic mass is 10.2. The lowest BCUT2D eigenvalue weighted by molar-refractivity contribution is -0.121. The first kappa shape index (κ1) is 19.2. The summed E-state index contributed by atoms with van der Waals surface area (Å²) in [5, 5.41) is 2.62. The van der Waals surface area contributed by atoms with Gasteiger partial charge in [-0.1, -0.05) is 55.1 Å². The van der Waals surface area contributed by atoms with E-state index < -0.39 is 6.09 Å². The van der Waals surface area contributed by atoms with Crippen LogP contribution < -0.4 is 5.32 Å². The van der Waals surface area contributed by atoms with Crippen LogP contribution in [-0.2, 0) is 16.1 Å². The van der Waals surface area contributed by atoms with Crippen molar-refractivity contribution in [1.82, 2.24) is 10.2 Å². The Labute approximate surface area is 143 Å². The van der Waals surface area contributed by atoms with Crippen LogP contribution in [0.15, 0.2) is 66.9 Å². The molecule has 1 aromatic rings. The highest BCUT2D eigenvalue weighted by molar-refractivity contribution is 5.83. The number of benzene rings is 1. The Balaban J connectivity index is 2.47. The first-order valence-corrected chi connectivity index (χ1v) is 7.70. The fraction of sp³-hybridized carbons (Fsp3) is 0.263. The highest BCUT2D eigenvalue weighted by Gasteiger charge is 2.17. The Kier molecular flexibility index (Phi) is 8.05. The summed E-state index contributed by atoms with van der Waals surface area (Å²) in [6, 6.07) is 9.38. The molecule has 0 atom stereocenters. The summed E-state index contributed by atoms with van der Waals surface area (Å²) in [5.41, 5.74) is 2.19. The number of likely N-dealkylation sites (N-methyl/N-ethyl adjacent to an activating group) is 1. The number of nitrogens with zero attached hydrogens (tertiary/aromatic N) is 1. The number of allylic oxidation sites excluding steroid dienone is 3. The van der Waals surface area contributed by atoms with Crippen molar-refractivity contribution in [3.63, 3.8) is 0 Å². The molecule has 5 heteroatoms. The number of hydrogen-bond acceptors (Lipinski definition) is 3. The molecule has 5 nitrogen and oxygen atoms in total. The highest BCUT2D eigenvalue weighted by atomic mass is 16.6. The summed E-state index contributed by atoms with van der Waals surface area (Å²) >= 11 is 0. The summed E-state index contributed by atoms with van der Waals surface area (Å²) in [6.45, 7) is 11.5. The van der Waals surface area contributed by atoms with E-state index in [1.54, 1.807) is 19.1 Å². The molecule has 0 heterocycles. The molecule has 0 aliphatic heterocycles. The van der Waals surface area contributed by atoms with E-state index in [0.717, 1.165) is 11.1 Å². The number of nitrogens with one attached hydrogen (secondary N) is 1. The Bertz CT molecular complexity index is 621. The average molecular weight is 328 g/mol. The maximum Gasteiger partial charge on any atom is 0.410 e. The zero-order valence-corrected chi connectivity index (χ0v) is 14.2. The van der Waals surface area contributed by atoms with Crippen LogP contribution >= 0.6 is 0 Å². The van der Waals surface area contributed by atoms with Gasteiger partial charge in [0.25, 0.3) is 0 Å². The van der Waals surface area contributed by atoms with Gasteiger partial charge in [0.15, 0.2) is 0 Å². The fourth-order valence-corrected chi connectivity index (χ4v) is 1.79. The van der Waals surface area contributed by atoms with E-state index >= 15 is 0 Å². The first-order chi connectivity index (χ1) is 11.4. The largest absolute Gasteiger partial charge is 0.445 e. The molecular weight excluding hydrogens is 304 g/mol. The summed E-state index contributed by atoms with van der Waals surface area (Å²) in [6.07, 6.45) is 2.87. The summed E-state index contributed by atoms with van der Waals surface area (Å²) < 4.78 is 5.22. The molecule has 0 aliphatic rings. The zero-order chi connectivity index (χ0) is 17.9. The van der Waals surface area contributed by atoms with Crippen molar-refractivity contribution >= 4 is 12.0 Å². The van der Waals surface area contributed by atoms with E-state index in [1.165, 1.54) is 4.90 Å². The maximum atomic E-state index is 12.1. The van der Waals surface area contributed by atoms with Crippen molar-refractivity contribution < 1.29 is 14.3 Å². The molecule has 128 valence electrons. The third-order valence-electron chi connectivity index (χ3n) is 3.05. The average Bonchev–Trinajstić information content (AvgIpc) is 2.56. The lowest BCUT2D eigenvalue weighted by Gasteiger charge is -2.20. The normalized spacial score (nSPS) is 10.2. The molecule has 24 heavy (non-hydrogen) atoms. The van der Waals surface area contributed by atoms with Crippen molar-refractivity contribution in [2.24, 2.45) is 0 Å². The molecule has 0 unspecified atom stereocenters. The van der Waals surface area contributed by atoms with Gasteiger partial charge in [0.1, 0.15) is 13.2 Å². The molecule has 0 aliphatic carbocycles. The third kappa shape index (κ3) is 7.45. The Morgan fingerprint density at radius 1 is 1.21 bits per heavy atom. The van der Waals surface area contributed by atoms with Crippen LogP contribution in [0.25, 0.3) is 0 Å². The molecule has 0 aromatic heterocycles. The second kappa shape index (κ2) is 10.0. The van der Waals surface area contributed by atoms with Crippen molar-refractivity contribution in [3.05, 3.63) is 72.5 Å². The zero-order valence-electron chi connectivity index (χ0n) is 14.2. The quantitative estimate of drug-likeness (QED) is 0.744. The fourth-order valence-electron chi connectivity index (χ4n) is 1.79. The van der Waals surface area contributed by atoms with Crippen LogP contribution in [0.1, 0.15) is 19.4 Å². The monoisotopic (exact) mass is 328 g/mol. The van der Waals surface area contributed by atoms with Crippen LogP contribution in [0, 0.1) is 0 Å². The van der Waals surface area contributed by atoms with Gasteiger partial charge < -0.3 is 10.1 Å². The Hall–Kier alpha value is -2.82. The molecule has 0 bridgehead atoms. The standard InChI is InChI=1S/C19H24N2O3/c1-5-21(13-18(22)20-16(4)12-11-15(2)3)19(23)24-14-17-9-7-6-8-10-17/h6-12H,2,4-5,13-14H2,1,3H3,(H,20,22)/b12-11-. The number of carbonyl (C=O) groups excluding carboxylic acids is 2. The van der Waals surface area contributed by atoms with Gasteiger partial charge in [-0.25, -0.2) is 4.79 Å². The van der Waals surface area contributed by atoms with Crippen LogP contribution in [0.2, 0.25) is 0 Å². The summed E-state index contributed by atoms with van der Waals surface area (Å²) in [4.78, 5) is 25.4. The van der Waals surface area contributed by atoms with E-state index in [1.807, 2.05) is 37.3 Å². The summed E-state index contributed by atoms with van der Waals surface area (Å²) in [7, 11) is 0. The molecule has 2 amide bonds. The van der Waals surface area contributed by atoms with E-state index in [0.29, 0.717) is 12.2 Å². The van der Waals surface area contributed by atoms with Gasteiger partial charge in [-0.05, 0) is 25.5 Å². The SMILES string of the molecule is C=C(C)/C=C\C(=C)NC(=O)CN(CC)C(=O)OCc1ccccc1. The minimum atomic E-state index is -0.528. The van der Waals surface area contributed by atoms with E-state index in [2.05, 4.69) is 18.5 Å². The third-order valence-corrected chi connectivity index (χ3v) is 3.05. The Morgan fingerprint density at radius 2 is 1.88 bits per heavy atom. The van der Waals surface area contributed by atoms with Crippen molar-refractivity contribution in [1.29, 1.82) is 0 Å². The van der Waals surface area contributed by atoms with E-state index in [-0.39, 0.29) is 19.1 Å². The van der Waals surface area contributed by atoms with Crippen molar-refractivity contribution in [2.75, 3.05) is 13.1 Å². The highest BCUT2D eigenvalue weighted by Crippen LogP contribution is 2.03. The molecule has 0 spiro atoms. The minimum absolute atomic E-state index is 0.0932. The summed E-state index contributed by atoms with van der Waals surface area (Å²) in [5.74, 6) is -0.329. The predicted molar refractivity (Wildman–Crippen MR) is 95.1 cm³/mol. The molecular formula is C19H24N2O3.